The number of rotatable bonds is 4. The van der Waals surface area contributed by atoms with Crippen LogP contribution in [0.4, 0.5) is 0 Å². The van der Waals surface area contributed by atoms with Crippen LogP contribution < -0.4 is 10.1 Å². The maximum atomic E-state index is 5.43. The first-order chi connectivity index (χ1) is 8.76. The highest BCUT2D eigenvalue weighted by Crippen LogP contribution is 2.29. The number of nitrogens with one attached hydrogen (secondary N) is 1. The van der Waals surface area contributed by atoms with Crippen LogP contribution in [0, 0.1) is 3.57 Å². The second-order valence-corrected chi connectivity index (χ2v) is 5.26. The van der Waals surface area contributed by atoms with Crippen LogP contribution in [0.5, 0.6) is 5.75 Å². The van der Waals surface area contributed by atoms with Gasteiger partial charge in [-0.2, -0.15) is 0 Å². The lowest BCUT2D eigenvalue weighted by Crippen LogP contribution is -2.18. The van der Waals surface area contributed by atoms with Crippen molar-refractivity contribution >= 4 is 22.6 Å². The van der Waals surface area contributed by atoms with E-state index in [2.05, 4.69) is 58.2 Å². The lowest BCUT2D eigenvalue weighted by molar-refractivity contribution is 0.405. The Balaban J connectivity index is 2.41. The number of halogens is 1. The largest absolute Gasteiger partial charge is 0.496 e. The molecule has 94 valence electrons. The third kappa shape index (κ3) is 2.84. The highest BCUT2D eigenvalue weighted by molar-refractivity contribution is 14.1. The molecule has 0 amide bonds. The zero-order valence-electron chi connectivity index (χ0n) is 10.5. The van der Waals surface area contributed by atoms with E-state index in [9.17, 15) is 0 Å². The molecule has 18 heavy (non-hydrogen) atoms. The number of para-hydroxylation sites is 1. The summed E-state index contributed by atoms with van der Waals surface area (Å²) in [5.74, 6) is 0.912. The van der Waals surface area contributed by atoms with Crippen molar-refractivity contribution in [2.75, 3.05) is 14.2 Å². The second-order valence-electron chi connectivity index (χ2n) is 4.02. The van der Waals surface area contributed by atoms with Crippen LogP contribution in [0.3, 0.4) is 0 Å². The molecule has 2 aromatic carbocycles. The smallest absolute Gasteiger partial charge is 0.123 e. The summed E-state index contributed by atoms with van der Waals surface area (Å²) in [5.41, 5.74) is 2.39. The minimum atomic E-state index is 0.151. The van der Waals surface area contributed by atoms with Gasteiger partial charge in [0.25, 0.3) is 0 Å². The Morgan fingerprint density at radius 2 is 1.72 bits per heavy atom. The molecule has 1 N–H and O–H groups in total. The molecule has 2 rings (SSSR count). The number of ether oxygens (including phenoxy) is 1. The normalized spacial score (nSPS) is 12.2. The average Bonchev–Trinajstić information content (AvgIpc) is 2.42. The third-order valence-electron chi connectivity index (χ3n) is 2.94. The van der Waals surface area contributed by atoms with Crippen molar-refractivity contribution < 1.29 is 4.74 Å². The number of methoxy groups -OCH3 is 1. The topological polar surface area (TPSA) is 21.3 Å². The molecule has 0 aliphatic carbocycles. The van der Waals surface area contributed by atoms with Gasteiger partial charge in [0.15, 0.2) is 0 Å². The summed E-state index contributed by atoms with van der Waals surface area (Å²) in [6, 6.07) is 16.8. The van der Waals surface area contributed by atoms with Gasteiger partial charge in [-0.05, 0) is 53.4 Å². The maximum Gasteiger partial charge on any atom is 0.123 e. The second kappa shape index (κ2) is 6.20. The van der Waals surface area contributed by atoms with Crippen LogP contribution >= 0.6 is 22.6 Å². The van der Waals surface area contributed by atoms with Crippen molar-refractivity contribution in [3.05, 3.63) is 63.2 Å². The number of hydrogen-bond donors (Lipinski definition) is 1. The van der Waals surface area contributed by atoms with Crippen molar-refractivity contribution in [2.24, 2.45) is 0 Å². The molecule has 0 fully saturated rings. The van der Waals surface area contributed by atoms with Gasteiger partial charge in [0.05, 0.1) is 13.2 Å². The Morgan fingerprint density at radius 3 is 2.33 bits per heavy atom. The van der Waals surface area contributed by atoms with Gasteiger partial charge in [0, 0.05) is 9.13 Å². The summed E-state index contributed by atoms with van der Waals surface area (Å²) < 4.78 is 6.67. The SMILES string of the molecule is CNC(c1ccc(I)cc1)c1ccccc1OC. The maximum absolute atomic E-state index is 5.43. The molecule has 1 atom stereocenters. The van der Waals surface area contributed by atoms with Crippen molar-refractivity contribution in [3.8, 4) is 5.75 Å². The third-order valence-corrected chi connectivity index (χ3v) is 3.66. The summed E-state index contributed by atoms with van der Waals surface area (Å²) in [7, 11) is 3.68. The van der Waals surface area contributed by atoms with Crippen molar-refractivity contribution in [3.63, 3.8) is 0 Å². The Hall–Kier alpha value is -1.07. The van der Waals surface area contributed by atoms with E-state index in [1.54, 1.807) is 7.11 Å². The summed E-state index contributed by atoms with van der Waals surface area (Å²) in [4.78, 5) is 0. The lowest BCUT2D eigenvalue weighted by Gasteiger charge is -2.19. The van der Waals surface area contributed by atoms with Gasteiger partial charge >= 0.3 is 0 Å². The van der Waals surface area contributed by atoms with Gasteiger partial charge in [-0.1, -0.05) is 30.3 Å². The Kier molecular flexibility index (Phi) is 4.60. The van der Waals surface area contributed by atoms with Crippen molar-refractivity contribution in [1.29, 1.82) is 0 Å². The molecule has 0 aliphatic rings. The summed E-state index contributed by atoms with van der Waals surface area (Å²) >= 11 is 2.32. The zero-order chi connectivity index (χ0) is 13.0. The van der Waals surface area contributed by atoms with Crippen LogP contribution in [0.15, 0.2) is 48.5 Å². The van der Waals surface area contributed by atoms with Crippen LogP contribution in [0.25, 0.3) is 0 Å². The van der Waals surface area contributed by atoms with Crippen LogP contribution in [0.1, 0.15) is 17.2 Å². The molecule has 2 nitrogen and oxygen atoms in total. The predicted octanol–water partition coefficient (Wildman–Crippen LogP) is 3.61. The summed E-state index contributed by atoms with van der Waals surface area (Å²) in [6.45, 7) is 0. The van der Waals surface area contributed by atoms with E-state index in [4.69, 9.17) is 4.74 Å². The first-order valence-corrected chi connectivity index (χ1v) is 6.89. The minimum Gasteiger partial charge on any atom is -0.496 e. The Bertz CT molecular complexity index is 510. The molecule has 0 heterocycles. The first-order valence-electron chi connectivity index (χ1n) is 5.82. The molecule has 0 spiro atoms. The van der Waals surface area contributed by atoms with Gasteiger partial charge in [-0.3, -0.25) is 0 Å². The molecule has 0 bridgehead atoms. The number of hydrogen-bond acceptors (Lipinski definition) is 2. The predicted molar refractivity (Wildman–Crippen MR) is 83.1 cm³/mol. The van der Waals surface area contributed by atoms with Crippen LogP contribution in [-0.2, 0) is 0 Å². The fourth-order valence-corrected chi connectivity index (χ4v) is 2.42. The van der Waals surface area contributed by atoms with E-state index in [1.165, 1.54) is 9.13 Å². The van der Waals surface area contributed by atoms with E-state index >= 15 is 0 Å². The highest BCUT2D eigenvalue weighted by Gasteiger charge is 2.15. The average molecular weight is 353 g/mol. The summed E-state index contributed by atoms with van der Waals surface area (Å²) in [5, 5.41) is 3.35. The van der Waals surface area contributed by atoms with Gasteiger partial charge in [-0.25, -0.2) is 0 Å². The monoisotopic (exact) mass is 353 g/mol. The minimum absolute atomic E-state index is 0.151. The highest BCUT2D eigenvalue weighted by atomic mass is 127. The van der Waals surface area contributed by atoms with Gasteiger partial charge in [-0.15, -0.1) is 0 Å². The van der Waals surface area contributed by atoms with Crippen LogP contribution in [0.2, 0.25) is 0 Å². The van der Waals surface area contributed by atoms with E-state index in [0.29, 0.717) is 0 Å². The Labute approximate surface area is 122 Å². The first kappa shape index (κ1) is 13.4. The molecular formula is C15H16INO. The molecular weight excluding hydrogens is 337 g/mol. The number of benzene rings is 2. The van der Waals surface area contributed by atoms with Crippen LogP contribution in [-0.4, -0.2) is 14.2 Å². The van der Waals surface area contributed by atoms with E-state index in [0.717, 1.165) is 11.3 Å². The molecule has 2 aromatic rings. The molecule has 0 saturated carbocycles. The quantitative estimate of drug-likeness (QED) is 0.848. The molecule has 0 saturated heterocycles. The molecule has 0 aliphatic heterocycles. The van der Waals surface area contributed by atoms with Gasteiger partial charge < -0.3 is 10.1 Å². The van der Waals surface area contributed by atoms with Gasteiger partial charge in [0.2, 0.25) is 0 Å². The molecule has 3 heteroatoms. The lowest BCUT2D eigenvalue weighted by atomic mass is 9.98. The Morgan fingerprint density at radius 1 is 1.06 bits per heavy atom. The molecule has 0 aromatic heterocycles. The summed E-state index contributed by atoms with van der Waals surface area (Å²) in [6.07, 6.45) is 0. The van der Waals surface area contributed by atoms with Crippen molar-refractivity contribution in [2.45, 2.75) is 6.04 Å². The van der Waals surface area contributed by atoms with E-state index < -0.39 is 0 Å². The zero-order valence-corrected chi connectivity index (χ0v) is 12.6. The van der Waals surface area contributed by atoms with E-state index in [-0.39, 0.29) is 6.04 Å². The van der Waals surface area contributed by atoms with Crippen molar-refractivity contribution in [1.82, 2.24) is 5.32 Å². The fourth-order valence-electron chi connectivity index (χ4n) is 2.06. The molecule has 1 unspecified atom stereocenters. The van der Waals surface area contributed by atoms with E-state index in [1.807, 2.05) is 25.2 Å². The molecule has 0 radical (unpaired) electrons. The standard InChI is InChI=1S/C15H16INO/c1-17-15(11-7-9-12(16)10-8-11)13-5-3-4-6-14(13)18-2/h3-10,15,17H,1-2H3. The fraction of sp³-hybridized carbons (Fsp3) is 0.200. The van der Waals surface area contributed by atoms with Gasteiger partial charge in [0.1, 0.15) is 5.75 Å².